The molecular weight excluding hydrogens is 398 g/mol. The highest BCUT2D eigenvalue weighted by Gasteiger charge is 2.44. The molecule has 1 unspecified atom stereocenters. The number of anilines is 1. The molecule has 30 heavy (non-hydrogen) atoms. The van der Waals surface area contributed by atoms with Crippen molar-refractivity contribution >= 4 is 17.0 Å². The van der Waals surface area contributed by atoms with Crippen molar-refractivity contribution in [3.05, 3.63) is 30.4 Å². The lowest BCUT2D eigenvalue weighted by atomic mass is 10.1. The summed E-state index contributed by atoms with van der Waals surface area (Å²) >= 11 is 0. The number of aliphatic hydroxyl groups is 3. The number of phenols is 2. The Hall–Kier alpha value is -3.19. The van der Waals surface area contributed by atoms with E-state index in [1.807, 2.05) is 0 Å². The molecule has 1 aromatic carbocycles. The summed E-state index contributed by atoms with van der Waals surface area (Å²) in [7, 11) is 1.38. The molecule has 0 aliphatic carbocycles. The third kappa shape index (κ3) is 3.25. The van der Waals surface area contributed by atoms with Gasteiger partial charge in [0.05, 0.1) is 25.6 Å². The van der Waals surface area contributed by atoms with Crippen molar-refractivity contribution in [2.45, 2.75) is 31.1 Å². The van der Waals surface area contributed by atoms with Crippen LogP contribution in [0.3, 0.4) is 0 Å². The quantitative estimate of drug-likeness (QED) is 0.283. The first-order valence-corrected chi connectivity index (χ1v) is 9.08. The van der Waals surface area contributed by atoms with Gasteiger partial charge in [0.2, 0.25) is 0 Å². The van der Waals surface area contributed by atoms with Crippen LogP contribution in [0.25, 0.3) is 11.2 Å². The molecule has 3 aromatic rings. The minimum absolute atomic E-state index is 0.0657. The van der Waals surface area contributed by atoms with E-state index in [9.17, 15) is 25.5 Å². The Morgan fingerprint density at radius 1 is 1.13 bits per heavy atom. The number of nitrogens with one attached hydrogen (secondary N) is 1. The number of imidazole rings is 1. The number of fused-ring (bicyclic) bond motifs is 1. The maximum Gasteiger partial charge on any atom is 0.169 e. The zero-order chi connectivity index (χ0) is 21.4. The predicted molar refractivity (Wildman–Crippen MR) is 102 cm³/mol. The van der Waals surface area contributed by atoms with E-state index in [1.54, 1.807) is 0 Å². The van der Waals surface area contributed by atoms with Crippen molar-refractivity contribution in [3.63, 3.8) is 0 Å². The highest BCUT2D eigenvalue weighted by Crippen LogP contribution is 2.37. The fourth-order valence-electron chi connectivity index (χ4n) is 3.45. The number of hydrogen-bond acceptors (Lipinski definition) is 11. The molecule has 0 amide bonds. The van der Waals surface area contributed by atoms with Crippen molar-refractivity contribution < 1.29 is 35.0 Å². The molecule has 1 aliphatic heterocycles. The topological polar surface area (TPSA) is 175 Å². The number of phenolic OH excluding ortho intramolecular Hbond substituents is 2. The van der Waals surface area contributed by atoms with E-state index in [1.165, 1.54) is 36.5 Å². The Labute approximate surface area is 170 Å². The SMILES string of the molecule is COc1c(O)ccc(O)c1CNc1ncnc2c1ncn2C1O[C@H](CO)[C@@H](O)[C@H]1O. The molecule has 3 heterocycles. The van der Waals surface area contributed by atoms with E-state index in [4.69, 9.17) is 9.47 Å². The Morgan fingerprint density at radius 3 is 2.60 bits per heavy atom. The second kappa shape index (κ2) is 7.91. The Bertz CT molecular complexity index is 1060. The maximum atomic E-state index is 10.3. The van der Waals surface area contributed by atoms with Gasteiger partial charge in [-0.15, -0.1) is 0 Å². The molecule has 1 fully saturated rings. The standard InChI is InChI=1S/C18H21N5O7/c1-29-15-8(9(25)2-3-10(15)26)4-19-16-12-17(21-6-20-16)23(7-22-12)18-14(28)13(27)11(5-24)30-18/h2-3,6-7,11,13-14,18,24-28H,4-5H2,1H3,(H,19,20,21)/t11-,13-,14-,18?/m1/s1. The average molecular weight is 419 g/mol. The summed E-state index contributed by atoms with van der Waals surface area (Å²) < 4.78 is 12.1. The predicted octanol–water partition coefficient (Wildman–Crippen LogP) is -0.530. The van der Waals surface area contributed by atoms with Gasteiger partial charge in [0.15, 0.2) is 34.7 Å². The molecule has 160 valence electrons. The summed E-state index contributed by atoms with van der Waals surface area (Å²) in [6, 6.07) is 2.67. The van der Waals surface area contributed by atoms with Crippen LogP contribution in [0.1, 0.15) is 11.8 Å². The van der Waals surface area contributed by atoms with Gasteiger partial charge in [-0.25, -0.2) is 15.0 Å². The molecule has 6 N–H and O–H groups in total. The summed E-state index contributed by atoms with van der Waals surface area (Å²) in [5, 5.41) is 52.6. The van der Waals surface area contributed by atoms with Gasteiger partial charge in [0.25, 0.3) is 0 Å². The minimum Gasteiger partial charge on any atom is -0.507 e. The molecule has 0 bridgehead atoms. The molecule has 0 saturated carbocycles. The van der Waals surface area contributed by atoms with Gasteiger partial charge < -0.3 is 40.3 Å². The molecule has 12 heteroatoms. The van der Waals surface area contributed by atoms with Crippen LogP contribution >= 0.6 is 0 Å². The van der Waals surface area contributed by atoms with E-state index in [0.717, 1.165) is 0 Å². The summed E-state index contributed by atoms with van der Waals surface area (Å²) in [6.45, 7) is -0.380. The number of nitrogens with zero attached hydrogens (tertiary/aromatic N) is 4. The summed E-state index contributed by atoms with van der Waals surface area (Å²) in [5.74, 6) is 0.271. The van der Waals surface area contributed by atoms with Crippen LogP contribution in [0.2, 0.25) is 0 Å². The lowest BCUT2D eigenvalue weighted by Gasteiger charge is -2.16. The van der Waals surface area contributed by atoms with Gasteiger partial charge >= 0.3 is 0 Å². The monoisotopic (exact) mass is 419 g/mol. The highest BCUT2D eigenvalue weighted by molar-refractivity contribution is 5.82. The zero-order valence-corrected chi connectivity index (χ0v) is 15.9. The van der Waals surface area contributed by atoms with Crippen molar-refractivity contribution in [1.29, 1.82) is 0 Å². The first-order valence-electron chi connectivity index (χ1n) is 9.08. The van der Waals surface area contributed by atoms with Crippen LogP contribution < -0.4 is 10.1 Å². The number of benzene rings is 1. The van der Waals surface area contributed by atoms with Gasteiger partial charge in [-0.05, 0) is 12.1 Å². The number of hydrogen-bond donors (Lipinski definition) is 6. The molecule has 1 aliphatic rings. The Morgan fingerprint density at radius 2 is 1.90 bits per heavy atom. The summed E-state index contributed by atoms with van der Waals surface area (Å²) in [5.41, 5.74) is 1.01. The van der Waals surface area contributed by atoms with Crippen LogP contribution in [0.15, 0.2) is 24.8 Å². The molecule has 12 nitrogen and oxygen atoms in total. The third-order valence-corrected chi connectivity index (χ3v) is 5.00. The van der Waals surface area contributed by atoms with E-state index >= 15 is 0 Å². The van der Waals surface area contributed by atoms with Gasteiger partial charge in [-0.1, -0.05) is 0 Å². The number of aliphatic hydroxyl groups excluding tert-OH is 3. The summed E-state index contributed by atoms with van der Waals surface area (Å²) in [6.07, 6.45) is -1.78. The summed E-state index contributed by atoms with van der Waals surface area (Å²) in [4.78, 5) is 12.6. The largest absolute Gasteiger partial charge is 0.507 e. The van der Waals surface area contributed by atoms with Crippen molar-refractivity contribution in [2.75, 3.05) is 19.0 Å². The minimum atomic E-state index is -1.28. The fraction of sp³-hybridized carbons (Fsp3) is 0.389. The number of ether oxygens (including phenoxy) is 2. The molecule has 1 saturated heterocycles. The molecule has 0 radical (unpaired) electrons. The van der Waals surface area contributed by atoms with Crippen molar-refractivity contribution in [1.82, 2.24) is 19.5 Å². The van der Waals surface area contributed by atoms with Crippen LogP contribution in [0.5, 0.6) is 17.2 Å². The Kier molecular flexibility index (Phi) is 5.30. The molecule has 0 spiro atoms. The van der Waals surface area contributed by atoms with E-state index in [2.05, 4.69) is 20.3 Å². The Balaban J connectivity index is 1.63. The second-order valence-electron chi connectivity index (χ2n) is 6.74. The van der Waals surface area contributed by atoms with E-state index in [-0.39, 0.29) is 23.8 Å². The number of methoxy groups -OCH3 is 1. The van der Waals surface area contributed by atoms with Crippen molar-refractivity contribution in [3.8, 4) is 17.2 Å². The third-order valence-electron chi connectivity index (χ3n) is 5.00. The smallest absolute Gasteiger partial charge is 0.169 e. The molecule has 2 aromatic heterocycles. The second-order valence-corrected chi connectivity index (χ2v) is 6.74. The van der Waals surface area contributed by atoms with E-state index < -0.39 is 31.1 Å². The van der Waals surface area contributed by atoms with Gasteiger partial charge in [-0.2, -0.15) is 0 Å². The number of aromatic nitrogens is 4. The lowest BCUT2D eigenvalue weighted by molar-refractivity contribution is -0.0511. The molecule has 4 rings (SSSR count). The van der Waals surface area contributed by atoms with Crippen LogP contribution in [0, 0.1) is 0 Å². The van der Waals surface area contributed by atoms with Gasteiger partial charge in [-0.3, -0.25) is 4.57 Å². The first kappa shape index (κ1) is 20.1. The fourth-order valence-corrected chi connectivity index (χ4v) is 3.45. The highest BCUT2D eigenvalue weighted by atomic mass is 16.6. The van der Waals surface area contributed by atoms with Crippen LogP contribution in [-0.4, -0.2) is 77.1 Å². The first-order chi connectivity index (χ1) is 14.5. The molecular formula is C18H21N5O7. The average Bonchev–Trinajstić information content (AvgIpc) is 3.30. The van der Waals surface area contributed by atoms with Crippen LogP contribution in [0.4, 0.5) is 5.82 Å². The van der Waals surface area contributed by atoms with Crippen molar-refractivity contribution in [2.24, 2.45) is 0 Å². The maximum absolute atomic E-state index is 10.3. The van der Waals surface area contributed by atoms with Gasteiger partial charge in [0, 0.05) is 6.54 Å². The van der Waals surface area contributed by atoms with Gasteiger partial charge in [0.1, 0.15) is 30.4 Å². The number of rotatable bonds is 6. The normalized spacial score (nSPS) is 23.7. The van der Waals surface area contributed by atoms with E-state index in [0.29, 0.717) is 22.5 Å². The zero-order valence-electron chi connectivity index (χ0n) is 15.9. The van der Waals surface area contributed by atoms with Crippen LogP contribution in [-0.2, 0) is 11.3 Å². The molecule has 4 atom stereocenters. The number of aromatic hydroxyl groups is 2. The lowest BCUT2D eigenvalue weighted by Crippen LogP contribution is -2.33.